The molecule has 0 aromatic carbocycles. The molecule has 5 rings (SSSR count). The van der Waals surface area contributed by atoms with Gasteiger partial charge in [-0.05, 0) is 89.5 Å². The summed E-state index contributed by atoms with van der Waals surface area (Å²) in [6, 6.07) is -0.757. The van der Waals surface area contributed by atoms with E-state index >= 15 is 0 Å². The van der Waals surface area contributed by atoms with Gasteiger partial charge in [-0.3, -0.25) is 9.59 Å². The minimum atomic E-state index is -1.38. The van der Waals surface area contributed by atoms with Crippen LogP contribution in [-0.4, -0.2) is 111 Å². The highest BCUT2D eigenvalue weighted by atomic mass is 35.5. The molecule has 0 aromatic rings. The predicted molar refractivity (Wildman–Crippen MR) is 222 cm³/mol. The monoisotopic (exact) mass is 855 g/mol. The number of carboxylic acids is 1. The number of carbonyl (C=O) groups excluding carboxylic acids is 2. The maximum atomic E-state index is 14.6. The SMILES string of the molecule is CC[C@@H](C(=O)[C@@H](C)[C@@H](O)[C@H](C)[C@@H]1O[C@@H]([C@@H](CC)C(=O)O)CC[C@@H]1C)[C@H]1O[C@]2(C=C[C@@H](NC(=O)OCCCl)[C@]3(CC[C@@](C)([C@H]4CC[C@](O)(CC)[C@H](C)O4)O3)O2)[C@H](C)C[C@@H]1C. The Bertz CT molecular complexity index is 1500. The molecule has 4 N–H and O–H groups in total. The van der Waals surface area contributed by atoms with Gasteiger partial charge in [0.15, 0.2) is 11.6 Å². The van der Waals surface area contributed by atoms with Gasteiger partial charge in [0.2, 0.25) is 0 Å². The Balaban J connectivity index is 1.38. The lowest BCUT2D eigenvalue weighted by Gasteiger charge is -2.55. The van der Waals surface area contributed by atoms with E-state index in [1.807, 2.05) is 53.7 Å². The van der Waals surface area contributed by atoms with Gasteiger partial charge in [-0.15, -0.1) is 11.6 Å². The number of aliphatic hydroxyl groups is 2. The van der Waals surface area contributed by atoms with Crippen molar-refractivity contribution >= 4 is 29.4 Å². The van der Waals surface area contributed by atoms with Crippen LogP contribution in [0.4, 0.5) is 4.79 Å². The molecule has 0 aliphatic carbocycles. The number of amides is 1. The number of ether oxygens (including phenoxy) is 6. The Morgan fingerprint density at radius 3 is 2.24 bits per heavy atom. The van der Waals surface area contributed by atoms with E-state index in [9.17, 15) is 29.7 Å². The van der Waals surface area contributed by atoms with Crippen LogP contribution < -0.4 is 5.32 Å². The van der Waals surface area contributed by atoms with Gasteiger partial charge in [0.25, 0.3) is 0 Å². The number of halogens is 1. The van der Waals surface area contributed by atoms with E-state index in [-0.39, 0.29) is 42.1 Å². The average Bonchev–Trinajstić information content (AvgIpc) is 3.54. The normalized spacial score (nSPS) is 42.5. The largest absolute Gasteiger partial charge is 0.481 e. The maximum absolute atomic E-state index is 14.6. The molecule has 0 saturated carbocycles. The van der Waals surface area contributed by atoms with Crippen molar-refractivity contribution in [3.8, 4) is 0 Å². The highest BCUT2D eigenvalue weighted by Gasteiger charge is 2.63. The fourth-order valence-electron chi connectivity index (χ4n) is 11.0. The first-order chi connectivity index (χ1) is 27.7. The summed E-state index contributed by atoms with van der Waals surface area (Å²) in [6.45, 7) is 19.5. The number of aliphatic carboxylic acids is 1. The Morgan fingerprint density at radius 2 is 1.63 bits per heavy atom. The minimum Gasteiger partial charge on any atom is -0.481 e. The van der Waals surface area contributed by atoms with Gasteiger partial charge in [0.1, 0.15) is 18.4 Å². The Kier molecular flexibility index (Phi) is 15.7. The lowest BCUT2D eigenvalue weighted by atomic mass is 9.72. The number of Topliss-reactive ketones (excluding diaryl/α,β-unsaturated/α-hetero) is 1. The molecular weight excluding hydrogens is 782 g/mol. The van der Waals surface area contributed by atoms with E-state index in [0.29, 0.717) is 57.8 Å². The summed E-state index contributed by atoms with van der Waals surface area (Å²) >= 11 is 5.82. The van der Waals surface area contributed by atoms with Gasteiger partial charge >= 0.3 is 12.1 Å². The summed E-state index contributed by atoms with van der Waals surface area (Å²) in [7, 11) is 0. The first kappa shape index (κ1) is 48.2. The molecule has 18 atom stereocenters. The molecule has 4 fully saturated rings. The molecule has 0 aromatic heterocycles. The molecule has 1 amide bonds. The first-order valence-electron chi connectivity index (χ1n) is 22.5. The maximum Gasteiger partial charge on any atom is 0.407 e. The summed E-state index contributed by atoms with van der Waals surface area (Å²) < 4.78 is 39.5. The molecule has 0 bridgehead atoms. The standard InChI is InChI=1S/C45H74ClNO12/c1-11-31(40(50)51)33-15-14-25(4)38(56-33)29(8)36(48)28(7)37(49)32(12-2)39-26(5)24-27(6)44(57-39)19-16-34(47-41(52)54-23-22-46)45(59-44)21-20-42(10,58-45)35-17-18-43(53,13-3)30(9)55-35/h16,19,25-36,38-39,48,53H,11-15,17-18,20-24H2,1-10H3,(H,47,52)(H,50,51)/t25-,26-,27+,28-,29-,30-,31+,32-,33+,34+,35+,36+,38+,39-,42-,43+,44-,45-/m0/s1. The van der Waals surface area contributed by atoms with Crippen LogP contribution in [0.5, 0.6) is 0 Å². The molecule has 13 nitrogen and oxygen atoms in total. The van der Waals surface area contributed by atoms with Crippen LogP contribution >= 0.6 is 11.6 Å². The Labute approximate surface area is 356 Å². The highest BCUT2D eigenvalue weighted by molar-refractivity contribution is 6.18. The molecule has 4 saturated heterocycles. The van der Waals surface area contributed by atoms with Gasteiger partial charge in [-0.2, -0.15) is 0 Å². The molecule has 59 heavy (non-hydrogen) atoms. The fraction of sp³-hybridized carbons (Fsp3) is 0.889. The van der Waals surface area contributed by atoms with Crippen LogP contribution in [0.2, 0.25) is 0 Å². The molecule has 2 spiro atoms. The number of carboxylic acid groups (broad SMARTS) is 1. The molecule has 5 aliphatic heterocycles. The number of ketones is 1. The van der Waals surface area contributed by atoms with E-state index in [1.54, 1.807) is 6.92 Å². The van der Waals surface area contributed by atoms with Gasteiger partial charge in [0.05, 0.1) is 59.6 Å². The summed E-state index contributed by atoms with van der Waals surface area (Å²) in [5.41, 5.74) is -1.75. The van der Waals surface area contributed by atoms with Crippen LogP contribution in [0.15, 0.2) is 12.2 Å². The molecular formula is C45H74ClNO12. The Morgan fingerprint density at radius 1 is 0.932 bits per heavy atom. The van der Waals surface area contributed by atoms with E-state index in [4.69, 9.17) is 40.0 Å². The third kappa shape index (κ3) is 9.72. The second kappa shape index (κ2) is 19.3. The van der Waals surface area contributed by atoms with Crippen molar-refractivity contribution in [2.75, 3.05) is 12.5 Å². The quantitative estimate of drug-likeness (QED) is 0.0967. The first-order valence-corrected chi connectivity index (χ1v) is 23.0. The van der Waals surface area contributed by atoms with Gasteiger partial charge < -0.3 is 49.1 Å². The second-order valence-corrected chi connectivity index (χ2v) is 19.3. The predicted octanol–water partition coefficient (Wildman–Crippen LogP) is 7.16. The van der Waals surface area contributed by atoms with Crippen LogP contribution in [0, 0.1) is 41.4 Å². The van der Waals surface area contributed by atoms with E-state index in [0.717, 1.165) is 6.42 Å². The molecule has 5 aliphatic rings. The molecule has 0 unspecified atom stereocenters. The van der Waals surface area contributed by atoms with Crippen LogP contribution in [0.25, 0.3) is 0 Å². The van der Waals surface area contributed by atoms with Crippen LogP contribution in [0.3, 0.4) is 0 Å². The number of carbonyl (C=O) groups is 3. The van der Waals surface area contributed by atoms with Gasteiger partial charge in [-0.25, -0.2) is 4.79 Å². The molecule has 338 valence electrons. The second-order valence-electron chi connectivity index (χ2n) is 18.9. The smallest absolute Gasteiger partial charge is 0.407 e. The fourth-order valence-corrected chi connectivity index (χ4v) is 11.0. The van der Waals surface area contributed by atoms with Crippen LogP contribution in [-0.2, 0) is 38.0 Å². The van der Waals surface area contributed by atoms with E-state index in [2.05, 4.69) is 26.1 Å². The minimum absolute atomic E-state index is 0.0314. The molecule has 0 radical (unpaired) electrons. The number of aliphatic hydroxyl groups excluding tert-OH is 1. The third-order valence-electron chi connectivity index (χ3n) is 15.1. The number of nitrogens with one attached hydrogen (secondary N) is 1. The zero-order valence-corrected chi connectivity index (χ0v) is 37.9. The lowest BCUT2D eigenvalue weighted by Crippen LogP contribution is -2.65. The van der Waals surface area contributed by atoms with Crippen molar-refractivity contribution in [3.05, 3.63) is 12.2 Å². The van der Waals surface area contributed by atoms with Crippen LogP contribution in [0.1, 0.15) is 133 Å². The lowest BCUT2D eigenvalue weighted by molar-refractivity contribution is -0.398. The van der Waals surface area contributed by atoms with Gasteiger partial charge in [0, 0.05) is 30.1 Å². The van der Waals surface area contributed by atoms with Crippen molar-refractivity contribution < 1.29 is 58.1 Å². The number of alkyl carbamates (subject to hydrolysis) is 1. The number of hydrogen-bond donors (Lipinski definition) is 4. The van der Waals surface area contributed by atoms with Crippen molar-refractivity contribution in [1.29, 1.82) is 0 Å². The summed E-state index contributed by atoms with van der Waals surface area (Å²) in [5.74, 6) is -6.02. The van der Waals surface area contributed by atoms with Crippen molar-refractivity contribution in [2.45, 2.75) is 199 Å². The summed E-state index contributed by atoms with van der Waals surface area (Å²) in [6.07, 6.45) is 5.52. The molecule has 14 heteroatoms. The van der Waals surface area contributed by atoms with Crippen molar-refractivity contribution in [3.63, 3.8) is 0 Å². The van der Waals surface area contributed by atoms with Gasteiger partial charge in [-0.1, -0.05) is 61.5 Å². The zero-order chi connectivity index (χ0) is 43.7. The van der Waals surface area contributed by atoms with E-state index < -0.39 is 95.1 Å². The summed E-state index contributed by atoms with van der Waals surface area (Å²) in [5, 5.41) is 35.8. The number of rotatable bonds is 15. The van der Waals surface area contributed by atoms with Crippen molar-refractivity contribution in [2.24, 2.45) is 41.4 Å². The topological polar surface area (TPSA) is 179 Å². The highest BCUT2D eigenvalue weighted by Crippen LogP contribution is 2.54. The average molecular weight is 857 g/mol. The van der Waals surface area contributed by atoms with Crippen molar-refractivity contribution in [1.82, 2.24) is 5.32 Å². The summed E-state index contributed by atoms with van der Waals surface area (Å²) in [4.78, 5) is 39.6. The number of alkyl halides is 1. The third-order valence-corrected chi connectivity index (χ3v) is 15.2. The zero-order valence-electron chi connectivity index (χ0n) is 37.1. The molecule has 5 heterocycles. The number of hydrogen-bond acceptors (Lipinski definition) is 11. The Hall–Kier alpha value is -1.84. The van der Waals surface area contributed by atoms with E-state index in [1.165, 1.54) is 0 Å².